The molecule has 0 unspecified atom stereocenters. The summed E-state index contributed by atoms with van der Waals surface area (Å²) in [7, 11) is 0. The van der Waals surface area contributed by atoms with Gasteiger partial charge in [-0.1, -0.05) is 39.0 Å². The summed E-state index contributed by atoms with van der Waals surface area (Å²) in [5.74, 6) is 2.27. The molecule has 0 spiro atoms. The van der Waals surface area contributed by atoms with E-state index in [2.05, 4.69) is 234 Å². The van der Waals surface area contributed by atoms with E-state index in [-0.39, 0.29) is 20.4 Å². The molecule has 4 heterocycles. The minimum absolute atomic E-state index is 0.0586. The first-order chi connectivity index (χ1) is 32.9. The first-order valence-corrected chi connectivity index (χ1v) is 24.4. The fourth-order valence-electron chi connectivity index (χ4n) is 9.42. The third-order valence-electron chi connectivity index (χ3n) is 12.7. The fraction of sp³-hybridized carbons (Fsp3) is 0.0847. The second-order valence-electron chi connectivity index (χ2n) is 17.9. The number of ether oxygens (including phenoxy) is 1. The number of anilines is 7. The van der Waals surface area contributed by atoms with Crippen molar-refractivity contribution in [2.24, 2.45) is 0 Å². The van der Waals surface area contributed by atoms with Crippen LogP contribution in [0, 0.1) is 0 Å². The van der Waals surface area contributed by atoms with E-state index in [0.717, 1.165) is 83.8 Å². The smallest absolute Gasteiger partial charge is 0.0380 e. The zero-order chi connectivity index (χ0) is 45.1. The number of nitrogens with zero attached hydrogens (tertiary/aromatic N) is 6. The van der Waals surface area contributed by atoms with Crippen molar-refractivity contribution in [2.75, 3.05) is 21.4 Å². The molecule has 0 amide bonds. The molecule has 0 aliphatic carbocycles. The molecule has 0 N–H and O–H groups in total. The van der Waals surface area contributed by atoms with Crippen LogP contribution in [0.25, 0.3) is 39.0 Å². The van der Waals surface area contributed by atoms with E-state index >= 15 is 0 Å². The number of imidazole rings is 1. The van der Waals surface area contributed by atoms with Crippen LogP contribution in [0.15, 0.2) is 212 Å². The van der Waals surface area contributed by atoms with Gasteiger partial charge in [0.1, 0.15) is 0 Å². The Bertz CT molecular complexity index is 3400. The van der Waals surface area contributed by atoms with Crippen molar-refractivity contribution in [3.05, 3.63) is 218 Å². The number of fused-ring (bicyclic) bond motifs is 4. The third-order valence-corrected chi connectivity index (χ3v) is 14.9. The van der Waals surface area contributed by atoms with Crippen molar-refractivity contribution < 1.29 is 4.74 Å². The van der Waals surface area contributed by atoms with Gasteiger partial charge in [0.2, 0.25) is 0 Å². The van der Waals surface area contributed by atoms with Crippen molar-refractivity contribution in [3.63, 3.8) is 0 Å². The number of benzene rings is 8. The molecule has 0 saturated carbocycles. The Morgan fingerprint density at radius 1 is 0.522 bits per heavy atom. The number of hydrogen-bond acceptors (Lipinski definition) is 6. The van der Waals surface area contributed by atoms with E-state index < -0.39 is 0 Å². The summed E-state index contributed by atoms with van der Waals surface area (Å²) >= 11 is -0.0586. The quantitative estimate of drug-likeness (QED) is 0.142. The van der Waals surface area contributed by atoms with Crippen LogP contribution in [0.1, 0.15) is 26.3 Å². The Kier molecular flexibility index (Phi) is 10.0. The summed E-state index contributed by atoms with van der Waals surface area (Å²) in [6.45, 7) is 7.45. The van der Waals surface area contributed by atoms with Crippen LogP contribution in [0.5, 0.6) is 11.5 Å². The van der Waals surface area contributed by atoms with Gasteiger partial charge in [0.15, 0.2) is 0 Å². The Hall–Kier alpha value is -7.90. The normalized spacial score (nSPS) is 13.1. The Morgan fingerprint density at radius 2 is 1.15 bits per heavy atom. The van der Waals surface area contributed by atoms with E-state index in [0.29, 0.717) is 6.67 Å². The van der Waals surface area contributed by atoms with Gasteiger partial charge in [-0.15, -0.1) is 0 Å². The maximum absolute atomic E-state index is 6.89. The van der Waals surface area contributed by atoms with Crippen molar-refractivity contribution >= 4 is 75.1 Å². The molecule has 0 bridgehead atoms. The Morgan fingerprint density at radius 3 is 1.87 bits per heavy atom. The minimum Gasteiger partial charge on any atom is -0.0564 e. The topological polar surface area (TPSA) is 49.7 Å². The third kappa shape index (κ3) is 7.32. The number of hydrogen-bond donors (Lipinski definition) is 0. The first kappa shape index (κ1) is 40.6. The average Bonchev–Trinajstić information content (AvgIpc) is 3.95. The summed E-state index contributed by atoms with van der Waals surface area (Å²) in [4.78, 5) is 17.6. The SMILES string of the molecule is CC(C)(C)c1ccc(N2CN(c3cccc(Oc4ccc5c(c4)N(c4nc6ccccc6n4-c4c(-c6ccccc6)cccc4-c4ccccc4)c4cccnc4[Se]5)c3)c3ccccc32)cc1. The predicted molar refractivity (Wildman–Crippen MR) is 277 cm³/mol. The number of aromatic nitrogens is 3. The zero-order valence-corrected chi connectivity index (χ0v) is 39.1. The van der Waals surface area contributed by atoms with Crippen molar-refractivity contribution in [1.82, 2.24) is 14.5 Å². The molecule has 10 aromatic rings. The molecule has 8 heteroatoms. The van der Waals surface area contributed by atoms with Crippen LogP contribution in [-0.4, -0.2) is 36.2 Å². The van der Waals surface area contributed by atoms with Crippen LogP contribution < -0.4 is 28.5 Å². The zero-order valence-electron chi connectivity index (χ0n) is 37.4. The molecule has 0 radical (unpaired) electrons. The molecule has 0 atom stereocenters. The second kappa shape index (κ2) is 16.5. The summed E-state index contributed by atoms with van der Waals surface area (Å²) in [6, 6.07) is 73.1. The van der Waals surface area contributed by atoms with Gasteiger partial charge < -0.3 is 0 Å². The van der Waals surface area contributed by atoms with Crippen LogP contribution in [0.4, 0.5) is 40.1 Å². The van der Waals surface area contributed by atoms with Gasteiger partial charge in [0.05, 0.1) is 0 Å². The van der Waals surface area contributed by atoms with Crippen LogP contribution in [-0.2, 0) is 5.41 Å². The molecule has 8 aromatic carbocycles. The van der Waals surface area contributed by atoms with Gasteiger partial charge in [-0.2, -0.15) is 0 Å². The maximum atomic E-state index is 6.89. The van der Waals surface area contributed by atoms with Crippen molar-refractivity contribution in [2.45, 2.75) is 26.2 Å². The Balaban J connectivity index is 0.959. The minimum atomic E-state index is -0.0586. The van der Waals surface area contributed by atoms with Crippen LogP contribution in [0.3, 0.4) is 0 Å². The van der Waals surface area contributed by atoms with Gasteiger partial charge in [0, 0.05) is 0 Å². The van der Waals surface area contributed by atoms with E-state index in [1.807, 2.05) is 18.3 Å². The molecular formula is C59H46N6OSe. The van der Waals surface area contributed by atoms with E-state index in [9.17, 15) is 0 Å². The average molecular weight is 934 g/mol. The van der Waals surface area contributed by atoms with Crippen molar-refractivity contribution in [1.29, 1.82) is 0 Å². The van der Waals surface area contributed by atoms with E-state index in [1.54, 1.807) is 0 Å². The van der Waals surface area contributed by atoms with Crippen LogP contribution in [0.2, 0.25) is 0 Å². The predicted octanol–water partition coefficient (Wildman–Crippen LogP) is 13.5. The fourth-order valence-corrected chi connectivity index (χ4v) is 11.5. The van der Waals surface area contributed by atoms with Gasteiger partial charge in [0.25, 0.3) is 0 Å². The Labute approximate surface area is 397 Å². The van der Waals surface area contributed by atoms with Gasteiger partial charge in [-0.25, -0.2) is 0 Å². The molecule has 2 aliphatic heterocycles. The standard InChI is InChI=1S/C59H46N6OSe/c1-59(2,3)42-30-32-43(33-31-42)62-39-63(52-28-13-12-27-51(52)62)44-21-14-22-45(37-44)66-46-34-35-55-54(38-46)64(53-29-16-36-60-57(53)67-55)58-61-49-25-10-11-26-50(49)65(58)56-47(40-17-6-4-7-18-40)23-15-24-48(56)41-19-8-5-9-20-41/h4-38H,39H2,1-3H3. The summed E-state index contributed by atoms with van der Waals surface area (Å²) in [5, 5.41) is 0. The summed E-state index contributed by atoms with van der Waals surface area (Å²) in [6.07, 6.45) is 1.90. The molecule has 12 rings (SSSR count). The molecule has 0 fully saturated rings. The first-order valence-electron chi connectivity index (χ1n) is 22.7. The van der Waals surface area contributed by atoms with Gasteiger partial charge in [-0.3, -0.25) is 0 Å². The molecule has 0 saturated heterocycles. The van der Waals surface area contributed by atoms with Crippen LogP contribution >= 0.6 is 0 Å². The molecule has 2 aliphatic rings. The molecule has 7 nitrogen and oxygen atoms in total. The van der Waals surface area contributed by atoms with Crippen molar-refractivity contribution in [3.8, 4) is 39.4 Å². The summed E-state index contributed by atoms with van der Waals surface area (Å²) in [5.41, 5.74) is 15.4. The molecular weight excluding hydrogens is 888 g/mol. The second-order valence-corrected chi connectivity index (χ2v) is 20.1. The summed E-state index contributed by atoms with van der Waals surface area (Å²) < 4.78 is 11.5. The molecule has 2 aromatic heterocycles. The van der Waals surface area contributed by atoms with Gasteiger partial charge >= 0.3 is 337 Å². The van der Waals surface area contributed by atoms with E-state index in [1.165, 1.54) is 21.4 Å². The largest absolute Gasteiger partial charge is 0.0564 e. The molecule has 324 valence electrons. The molecule has 67 heavy (non-hydrogen) atoms. The number of rotatable bonds is 8. The van der Waals surface area contributed by atoms with Gasteiger partial charge in [-0.05, 0) is 23.1 Å². The van der Waals surface area contributed by atoms with E-state index in [4.69, 9.17) is 14.7 Å². The maximum Gasteiger partial charge on any atom is -0.0380 e. The monoisotopic (exact) mass is 934 g/mol. The number of para-hydroxylation sites is 5. The number of pyridine rings is 1.